The van der Waals surface area contributed by atoms with Crippen molar-refractivity contribution < 1.29 is 48.5 Å². The van der Waals surface area contributed by atoms with Crippen LogP contribution in [0.5, 0.6) is 34.5 Å². The van der Waals surface area contributed by atoms with E-state index in [0.29, 0.717) is 41.2 Å². The predicted molar refractivity (Wildman–Crippen MR) is 147 cm³/mol. The molecular weight excluding hydrogens is 520 g/mol. The minimum atomic E-state index is -1.18. The number of carbonyl (C=O) groups excluding carboxylic acids is 1. The Morgan fingerprint density at radius 1 is 0.825 bits per heavy atom. The average molecular weight is 555 g/mol. The van der Waals surface area contributed by atoms with Crippen molar-refractivity contribution in [3.8, 4) is 34.5 Å². The zero-order chi connectivity index (χ0) is 29.1. The number of ether oxygens (including phenoxy) is 6. The van der Waals surface area contributed by atoms with Gasteiger partial charge in [-0.1, -0.05) is 18.2 Å². The standard InChI is InChI=1S/C30H34O10/c1-35-25-16-20(7-11-22(25)31)9-14-28(33)39-15-5-6-19-8-13-24(27(17-19)37-3)40-30(38-4)29(34)21-10-12-23(32)26(18-21)36-2/h7-14,16-18,29-32,34H,5-6,15H2,1-4H3. The van der Waals surface area contributed by atoms with Crippen LogP contribution in [-0.4, -0.2) is 62.6 Å². The molecule has 2 atom stereocenters. The van der Waals surface area contributed by atoms with Gasteiger partial charge in [0.15, 0.2) is 34.5 Å². The SMILES string of the molecule is COc1cc(C=CC(=O)OCCCc2ccc(OC(OC)C(O)c3ccc(O)c(OC)c3)c(OC)c2)ccc1O. The summed E-state index contributed by atoms with van der Waals surface area (Å²) < 4.78 is 32.2. The number of aliphatic hydroxyl groups excluding tert-OH is 1. The molecule has 0 bridgehead atoms. The van der Waals surface area contributed by atoms with Crippen molar-refractivity contribution in [2.75, 3.05) is 35.0 Å². The Labute approximate surface area is 232 Å². The van der Waals surface area contributed by atoms with Gasteiger partial charge in [-0.15, -0.1) is 0 Å². The molecule has 10 nitrogen and oxygen atoms in total. The lowest BCUT2D eigenvalue weighted by Gasteiger charge is -2.24. The molecule has 0 saturated heterocycles. The Morgan fingerprint density at radius 3 is 2.17 bits per heavy atom. The summed E-state index contributed by atoms with van der Waals surface area (Å²) in [4.78, 5) is 12.1. The van der Waals surface area contributed by atoms with Crippen molar-refractivity contribution in [1.82, 2.24) is 0 Å². The summed E-state index contributed by atoms with van der Waals surface area (Å²) >= 11 is 0. The lowest BCUT2D eigenvalue weighted by molar-refractivity contribution is -0.137. The van der Waals surface area contributed by atoms with Crippen molar-refractivity contribution >= 4 is 12.0 Å². The third-order valence-electron chi connectivity index (χ3n) is 5.98. The Balaban J connectivity index is 1.54. The van der Waals surface area contributed by atoms with E-state index in [4.69, 9.17) is 28.4 Å². The van der Waals surface area contributed by atoms with Gasteiger partial charge in [0.1, 0.15) is 6.10 Å². The van der Waals surface area contributed by atoms with E-state index in [0.717, 1.165) is 5.56 Å². The molecule has 214 valence electrons. The van der Waals surface area contributed by atoms with E-state index in [1.807, 2.05) is 6.07 Å². The quantitative estimate of drug-likeness (QED) is 0.114. The van der Waals surface area contributed by atoms with Crippen molar-refractivity contribution in [2.45, 2.75) is 25.2 Å². The molecule has 0 heterocycles. The molecule has 3 rings (SSSR count). The first-order chi connectivity index (χ1) is 19.3. The fourth-order valence-corrected chi connectivity index (χ4v) is 3.83. The van der Waals surface area contributed by atoms with Crippen LogP contribution in [0.2, 0.25) is 0 Å². The first-order valence-electron chi connectivity index (χ1n) is 12.4. The molecule has 0 fully saturated rings. The number of aliphatic hydroxyl groups is 1. The fourth-order valence-electron chi connectivity index (χ4n) is 3.83. The number of hydrogen-bond acceptors (Lipinski definition) is 10. The number of methoxy groups -OCH3 is 4. The van der Waals surface area contributed by atoms with Gasteiger partial charge in [-0.3, -0.25) is 0 Å². The molecule has 0 radical (unpaired) electrons. The van der Waals surface area contributed by atoms with Crippen LogP contribution in [0.3, 0.4) is 0 Å². The van der Waals surface area contributed by atoms with Crippen molar-refractivity contribution in [3.05, 3.63) is 77.4 Å². The van der Waals surface area contributed by atoms with Crippen molar-refractivity contribution in [2.24, 2.45) is 0 Å². The lowest BCUT2D eigenvalue weighted by atomic mass is 10.1. The van der Waals surface area contributed by atoms with Crippen molar-refractivity contribution in [3.63, 3.8) is 0 Å². The number of esters is 1. The maximum Gasteiger partial charge on any atom is 0.330 e. The average Bonchev–Trinajstić information content (AvgIpc) is 2.97. The zero-order valence-corrected chi connectivity index (χ0v) is 22.8. The summed E-state index contributed by atoms with van der Waals surface area (Å²) in [5.74, 6) is 0.826. The highest BCUT2D eigenvalue weighted by Crippen LogP contribution is 2.34. The van der Waals surface area contributed by atoms with Crippen LogP contribution in [0.4, 0.5) is 0 Å². The van der Waals surface area contributed by atoms with Gasteiger partial charge in [0.05, 0.1) is 27.9 Å². The maximum atomic E-state index is 12.1. The second kappa shape index (κ2) is 14.7. The van der Waals surface area contributed by atoms with Gasteiger partial charge in [0.25, 0.3) is 0 Å². The third-order valence-corrected chi connectivity index (χ3v) is 5.98. The summed E-state index contributed by atoms with van der Waals surface area (Å²) in [6.45, 7) is 0.219. The number of aromatic hydroxyl groups is 2. The molecule has 0 aromatic heterocycles. The smallest absolute Gasteiger partial charge is 0.330 e. The van der Waals surface area contributed by atoms with Crippen LogP contribution in [0.15, 0.2) is 60.7 Å². The number of phenolic OH excluding ortho intramolecular Hbond substituents is 2. The number of carbonyl (C=O) groups is 1. The number of rotatable bonds is 14. The van der Waals surface area contributed by atoms with Crippen LogP contribution < -0.4 is 18.9 Å². The van der Waals surface area contributed by atoms with Gasteiger partial charge in [-0.25, -0.2) is 4.79 Å². The molecule has 40 heavy (non-hydrogen) atoms. The Bertz CT molecular complexity index is 1300. The van der Waals surface area contributed by atoms with Crippen LogP contribution in [0.25, 0.3) is 6.08 Å². The van der Waals surface area contributed by atoms with Gasteiger partial charge < -0.3 is 43.7 Å². The Morgan fingerprint density at radius 2 is 1.50 bits per heavy atom. The molecule has 10 heteroatoms. The largest absolute Gasteiger partial charge is 0.504 e. The van der Waals surface area contributed by atoms with Gasteiger partial charge in [-0.2, -0.15) is 0 Å². The van der Waals surface area contributed by atoms with E-state index in [9.17, 15) is 20.1 Å². The molecule has 3 aromatic carbocycles. The lowest BCUT2D eigenvalue weighted by Crippen LogP contribution is -2.27. The molecule has 0 aliphatic heterocycles. The van der Waals surface area contributed by atoms with E-state index in [2.05, 4.69) is 0 Å². The highest BCUT2D eigenvalue weighted by Gasteiger charge is 2.25. The van der Waals surface area contributed by atoms with E-state index in [1.165, 1.54) is 52.7 Å². The molecule has 2 unspecified atom stereocenters. The van der Waals surface area contributed by atoms with Crippen molar-refractivity contribution in [1.29, 1.82) is 0 Å². The molecule has 0 aliphatic carbocycles. The molecule has 3 aromatic rings. The fraction of sp³-hybridized carbons (Fsp3) is 0.300. The van der Waals surface area contributed by atoms with Crippen LogP contribution in [-0.2, 0) is 20.7 Å². The van der Waals surface area contributed by atoms with Crippen LogP contribution in [0.1, 0.15) is 29.2 Å². The van der Waals surface area contributed by atoms with Gasteiger partial charge in [0, 0.05) is 13.2 Å². The minimum Gasteiger partial charge on any atom is -0.504 e. The van der Waals surface area contributed by atoms with Gasteiger partial charge >= 0.3 is 5.97 Å². The summed E-state index contributed by atoms with van der Waals surface area (Å²) in [5.41, 5.74) is 2.06. The number of aryl methyl sites for hydroxylation is 1. The summed E-state index contributed by atoms with van der Waals surface area (Å²) in [5, 5.41) is 30.3. The van der Waals surface area contributed by atoms with Gasteiger partial charge in [0.2, 0.25) is 6.29 Å². The first kappa shape index (κ1) is 30.1. The molecular formula is C30H34O10. The Hall–Kier alpha value is -4.41. The summed E-state index contributed by atoms with van der Waals surface area (Å²) in [6, 6.07) is 14.6. The topological polar surface area (TPSA) is 133 Å². The molecule has 0 amide bonds. The molecule has 0 aliphatic rings. The molecule has 0 saturated carbocycles. The highest BCUT2D eigenvalue weighted by molar-refractivity contribution is 5.87. The highest BCUT2D eigenvalue weighted by atomic mass is 16.7. The van der Waals surface area contributed by atoms with Gasteiger partial charge in [-0.05, 0) is 72.0 Å². The van der Waals surface area contributed by atoms with E-state index >= 15 is 0 Å². The zero-order valence-electron chi connectivity index (χ0n) is 22.8. The number of benzene rings is 3. The van der Waals surface area contributed by atoms with Crippen LogP contribution >= 0.6 is 0 Å². The Kier molecular flexibility index (Phi) is 11.0. The minimum absolute atomic E-state index is 0.0182. The first-order valence-corrected chi connectivity index (χ1v) is 12.4. The second-order valence-corrected chi connectivity index (χ2v) is 8.62. The third kappa shape index (κ3) is 8.05. The molecule has 3 N–H and O–H groups in total. The monoisotopic (exact) mass is 554 g/mol. The summed E-state index contributed by atoms with van der Waals surface area (Å²) in [6.07, 6.45) is 1.85. The molecule has 0 spiro atoms. The second-order valence-electron chi connectivity index (χ2n) is 8.62. The maximum absolute atomic E-state index is 12.1. The normalized spacial score (nSPS) is 12.5. The van der Waals surface area contributed by atoms with Crippen LogP contribution in [0, 0.1) is 0 Å². The number of hydrogen-bond donors (Lipinski definition) is 3. The predicted octanol–water partition coefficient (Wildman–Crippen LogP) is 4.40. The van der Waals surface area contributed by atoms with E-state index in [1.54, 1.807) is 36.4 Å². The van der Waals surface area contributed by atoms with E-state index in [-0.39, 0.29) is 23.9 Å². The number of phenols is 2. The van der Waals surface area contributed by atoms with E-state index < -0.39 is 18.4 Å². The summed E-state index contributed by atoms with van der Waals surface area (Å²) in [7, 11) is 5.78.